The summed E-state index contributed by atoms with van der Waals surface area (Å²) in [4.78, 5) is 0. The van der Waals surface area contributed by atoms with Crippen molar-refractivity contribution in [3.05, 3.63) is 0 Å². The molecule has 0 radical (unpaired) electrons. The maximum atomic E-state index is 3.95. The molecule has 0 atom stereocenters. The molecule has 1 rings (SSSR count). The Balaban J connectivity index is 2.28. The van der Waals surface area contributed by atoms with Gasteiger partial charge in [0.25, 0.3) is 0 Å². The van der Waals surface area contributed by atoms with E-state index in [0.717, 1.165) is 13.1 Å². The predicted molar refractivity (Wildman–Crippen MR) is 28.9 cm³/mol. The molecular formula is C4H9N3. The van der Waals surface area contributed by atoms with Gasteiger partial charge in [-0.3, -0.25) is 0 Å². The molecule has 0 saturated carbocycles. The van der Waals surface area contributed by atoms with Crippen molar-refractivity contribution >= 4 is 6.21 Å². The Hall–Kier alpha value is -0.570. The number of nitrogens with one attached hydrogen (secondary N) is 1. The van der Waals surface area contributed by atoms with Crippen LogP contribution in [-0.2, 0) is 0 Å². The molecule has 0 aliphatic carbocycles. The minimum atomic E-state index is 0.883. The first kappa shape index (κ1) is 4.59. The van der Waals surface area contributed by atoms with Gasteiger partial charge in [-0.2, -0.15) is 5.10 Å². The molecule has 0 aromatic rings. The Morgan fingerprint density at radius 3 is 3.14 bits per heavy atom. The summed E-state index contributed by atoms with van der Waals surface area (Å²) in [6, 6.07) is 0. The Morgan fingerprint density at radius 2 is 2.86 bits per heavy atom. The fourth-order valence-electron chi connectivity index (χ4n) is 0.520. The number of hydrogen-bond acceptors (Lipinski definition) is 3. The van der Waals surface area contributed by atoms with Crippen molar-refractivity contribution in [1.29, 1.82) is 0 Å². The van der Waals surface area contributed by atoms with Gasteiger partial charge in [0.15, 0.2) is 0 Å². The molecule has 7 heavy (non-hydrogen) atoms. The van der Waals surface area contributed by atoms with E-state index in [0.29, 0.717) is 0 Å². The third-order valence-electron chi connectivity index (χ3n) is 0.886. The van der Waals surface area contributed by atoms with Gasteiger partial charge in [-0.25, -0.2) is 10.5 Å². The monoisotopic (exact) mass is 99.1 g/mol. The van der Waals surface area contributed by atoms with Gasteiger partial charge in [-0.05, 0) is 6.92 Å². The van der Waals surface area contributed by atoms with Crippen molar-refractivity contribution in [2.75, 3.05) is 13.1 Å². The average Bonchev–Trinajstić information content (AvgIpc) is 2.14. The molecule has 0 amide bonds. The highest BCUT2D eigenvalue weighted by Crippen LogP contribution is 1.84. The second-order valence-electron chi connectivity index (χ2n) is 1.38. The Labute approximate surface area is 43.0 Å². The van der Waals surface area contributed by atoms with Gasteiger partial charge in [-0.15, -0.1) is 0 Å². The minimum absolute atomic E-state index is 0.883. The van der Waals surface area contributed by atoms with E-state index in [1.165, 1.54) is 0 Å². The van der Waals surface area contributed by atoms with E-state index >= 15 is 0 Å². The summed E-state index contributed by atoms with van der Waals surface area (Å²) in [6.07, 6.45) is 1.85. The molecule has 0 saturated heterocycles. The van der Waals surface area contributed by atoms with Crippen LogP contribution in [0.1, 0.15) is 6.92 Å². The topological polar surface area (TPSA) is 27.6 Å². The lowest BCUT2D eigenvalue weighted by atomic mass is 10.8. The van der Waals surface area contributed by atoms with Crippen LogP contribution >= 0.6 is 0 Å². The van der Waals surface area contributed by atoms with Crippen LogP contribution in [0.25, 0.3) is 0 Å². The van der Waals surface area contributed by atoms with Gasteiger partial charge < -0.3 is 0 Å². The van der Waals surface area contributed by atoms with Crippen LogP contribution < -0.4 is 5.43 Å². The van der Waals surface area contributed by atoms with E-state index < -0.39 is 0 Å². The average molecular weight is 99.1 g/mol. The first-order valence-corrected chi connectivity index (χ1v) is 2.47. The number of rotatable bonds is 1. The zero-order valence-corrected chi connectivity index (χ0v) is 4.39. The van der Waals surface area contributed by atoms with E-state index in [9.17, 15) is 0 Å². The first-order chi connectivity index (χ1) is 3.43. The minimum Gasteiger partial charge on any atom is -0.230 e. The molecule has 0 spiro atoms. The lowest BCUT2D eigenvalue weighted by Crippen LogP contribution is -2.27. The standard InChI is InChI=1S/C4H9N3/c1-2-7-5-3-4-6-7/h3,6H,2,4H2,1H3. The second kappa shape index (κ2) is 1.93. The normalized spacial score (nSPS) is 18.7. The maximum Gasteiger partial charge on any atom is 0.0538 e. The quantitative estimate of drug-likeness (QED) is 0.493. The van der Waals surface area contributed by atoms with Crippen molar-refractivity contribution in [3.63, 3.8) is 0 Å². The van der Waals surface area contributed by atoms with Gasteiger partial charge >= 0.3 is 0 Å². The first-order valence-electron chi connectivity index (χ1n) is 2.47. The largest absolute Gasteiger partial charge is 0.230 e. The van der Waals surface area contributed by atoms with E-state index in [1.54, 1.807) is 5.12 Å². The van der Waals surface area contributed by atoms with Gasteiger partial charge in [0.1, 0.15) is 0 Å². The molecule has 0 unspecified atom stereocenters. The summed E-state index contributed by atoms with van der Waals surface area (Å²) >= 11 is 0. The number of hydrazone groups is 1. The summed E-state index contributed by atoms with van der Waals surface area (Å²) in [7, 11) is 0. The van der Waals surface area contributed by atoms with Crippen LogP contribution in [0.4, 0.5) is 0 Å². The third-order valence-corrected chi connectivity index (χ3v) is 0.886. The lowest BCUT2D eigenvalue weighted by molar-refractivity contribution is 0.244. The summed E-state index contributed by atoms with van der Waals surface area (Å²) in [5.41, 5.74) is 3.02. The SMILES string of the molecule is CCN1N=CCN1. The van der Waals surface area contributed by atoms with Gasteiger partial charge in [0, 0.05) is 6.21 Å². The van der Waals surface area contributed by atoms with Crippen LogP contribution in [0.2, 0.25) is 0 Å². The third kappa shape index (κ3) is 0.899. The van der Waals surface area contributed by atoms with Crippen LogP contribution in [-0.4, -0.2) is 24.4 Å². The summed E-state index contributed by atoms with van der Waals surface area (Å²) < 4.78 is 0. The molecule has 3 nitrogen and oxygen atoms in total. The predicted octanol–water partition coefficient (Wildman–Crippen LogP) is -0.188. The van der Waals surface area contributed by atoms with Crippen LogP contribution in [0.3, 0.4) is 0 Å². The molecule has 1 heterocycles. The van der Waals surface area contributed by atoms with Crippen molar-refractivity contribution in [2.24, 2.45) is 5.10 Å². The highest BCUT2D eigenvalue weighted by atomic mass is 15.7. The summed E-state index contributed by atoms with van der Waals surface area (Å²) in [6.45, 7) is 3.88. The molecule has 3 heteroatoms. The van der Waals surface area contributed by atoms with Crippen LogP contribution in [0, 0.1) is 0 Å². The van der Waals surface area contributed by atoms with Crippen molar-refractivity contribution in [3.8, 4) is 0 Å². The second-order valence-corrected chi connectivity index (χ2v) is 1.38. The van der Waals surface area contributed by atoms with E-state index in [2.05, 4.69) is 17.5 Å². The Kier molecular flexibility index (Phi) is 1.26. The number of nitrogens with zero attached hydrogens (tertiary/aromatic N) is 2. The smallest absolute Gasteiger partial charge is 0.0538 e. The highest BCUT2D eigenvalue weighted by Gasteiger charge is 1.97. The molecule has 0 aromatic carbocycles. The number of hydrogen-bond donors (Lipinski definition) is 1. The molecule has 0 bridgehead atoms. The fraction of sp³-hybridized carbons (Fsp3) is 0.750. The molecule has 1 aliphatic rings. The lowest BCUT2D eigenvalue weighted by Gasteiger charge is -2.08. The van der Waals surface area contributed by atoms with E-state index in [-0.39, 0.29) is 0 Å². The van der Waals surface area contributed by atoms with Crippen molar-refractivity contribution < 1.29 is 0 Å². The van der Waals surface area contributed by atoms with E-state index in [4.69, 9.17) is 0 Å². The van der Waals surface area contributed by atoms with E-state index in [1.807, 2.05) is 6.21 Å². The summed E-state index contributed by atoms with van der Waals surface area (Å²) in [5, 5.41) is 5.76. The number of hydrazine groups is 1. The van der Waals surface area contributed by atoms with Crippen LogP contribution in [0.15, 0.2) is 5.10 Å². The fourth-order valence-corrected chi connectivity index (χ4v) is 0.520. The van der Waals surface area contributed by atoms with Crippen molar-refractivity contribution in [1.82, 2.24) is 10.5 Å². The molecule has 0 fully saturated rings. The zero-order valence-electron chi connectivity index (χ0n) is 4.39. The van der Waals surface area contributed by atoms with Crippen LogP contribution in [0.5, 0.6) is 0 Å². The van der Waals surface area contributed by atoms with Crippen molar-refractivity contribution in [2.45, 2.75) is 6.92 Å². The van der Waals surface area contributed by atoms with Gasteiger partial charge in [0.2, 0.25) is 0 Å². The highest BCUT2D eigenvalue weighted by molar-refractivity contribution is 5.60. The molecule has 1 N–H and O–H groups in total. The Bertz CT molecular complexity index is 79.0. The van der Waals surface area contributed by atoms with Gasteiger partial charge in [0.05, 0.1) is 13.1 Å². The van der Waals surface area contributed by atoms with Gasteiger partial charge in [-0.1, -0.05) is 0 Å². The molecule has 0 aromatic heterocycles. The zero-order chi connectivity index (χ0) is 5.11. The Morgan fingerprint density at radius 1 is 2.00 bits per heavy atom. The maximum absolute atomic E-state index is 3.95. The molecule has 40 valence electrons. The molecule has 1 aliphatic heterocycles. The summed E-state index contributed by atoms with van der Waals surface area (Å²) in [5.74, 6) is 0. The molecular weight excluding hydrogens is 90.1 g/mol.